The molecule has 1 heterocycles. The minimum absolute atomic E-state index is 0.209. The lowest BCUT2D eigenvalue weighted by molar-refractivity contribution is -0.113. The van der Waals surface area contributed by atoms with Crippen LogP contribution >= 0.6 is 23.8 Å². The van der Waals surface area contributed by atoms with Gasteiger partial charge >= 0.3 is 0 Å². The summed E-state index contributed by atoms with van der Waals surface area (Å²) in [5.74, 6) is -0.209. The maximum Gasteiger partial charge on any atom is 0.281 e. The molecule has 0 atom stereocenters. The smallest absolute Gasteiger partial charge is 0.281 e. The third kappa shape index (κ3) is 2.75. The molecule has 3 rings (SSSR count). The van der Waals surface area contributed by atoms with E-state index in [0.29, 0.717) is 21.5 Å². The van der Waals surface area contributed by atoms with Crippen molar-refractivity contribution in [2.45, 2.75) is 6.92 Å². The van der Waals surface area contributed by atoms with Crippen LogP contribution in [0.2, 0.25) is 5.02 Å². The van der Waals surface area contributed by atoms with E-state index in [1.165, 1.54) is 4.90 Å². The highest BCUT2D eigenvalue weighted by Crippen LogP contribution is 2.29. The fourth-order valence-corrected chi connectivity index (χ4v) is 2.82. The van der Waals surface area contributed by atoms with E-state index in [-0.39, 0.29) is 5.91 Å². The van der Waals surface area contributed by atoms with Crippen LogP contribution in [0, 0.1) is 6.92 Å². The Morgan fingerprint density at radius 3 is 2.68 bits per heavy atom. The number of nitrogens with zero attached hydrogens (tertiary/aromatic N) is 1. The number of hydrogen-bond donors (Lipinski definition) is 1. The zero-order valence-electron chi connectivity index (χ0n) is 11.8. The monoisotopic (exact) mass is 328 g/mol. The molecule has 22 heavy (non-hydrogen) atoms. The maximum atomic E-state index is 12.6. The minimum atomic E-state index is -0.209. The molecule has 1 N–H and O–H groups in total. The summed E-state index contributed by atoms with van der Waals surface area (Å²) in [7, 11) is 0. The second kappa shape index (κ2) is 5.91. The van der Waals surface area contributed by atoms with Crippen molar-refractivity contribution in [3.05, 3.63) is 70.4 Å². The molecule has 5 heteroatoms. The van der Waals surface area contributed by atoms with Crippen LogP contribution in [0.25, 0.3) is 6.08 Å². The summed E-state index contributed by atoms with van der Waals surface area (Å²) in [6.45, 7) is 2.01. The summed E-state index contributed by atoms with van der Waals surface area (Å²) in [6.07, 6.45) is 1.79. The Balaban J connectivity index is 1.97. The van der Waals surface area contributed by atoms with Gasteiger partial charge in [-0.05, 0) is 42.9 Å². The van der Waals surface area contributed by atoms with E-state index in [0.717, 1.165) is 11.1 Å². The predicted octanol–water partition coefficient (Wildman–Crippen LogP) is 3.91. The standard InChI is InChI=1S/C17H13ClN2OS/c1-11-5-4-6-12(9-11)10-14-16(21)20(17(22)19-14)15-8-3-2-7-13(15)18/h2-10H,1H3,(H,19,22)/b14-10-. The third-order valence-electron chi connectivity index (χ3n) is 3.32. The van der Waals surface area contributed by atoms with Gasteiger partial charge in [-0.25, -0.2) is 0 Å². The lowest BCUT2D eigenvalue weighted by atomic mass is 10.1. The van der Waals surface area contributed by atoms with Crippen molar-refractivity contribution in [1.82, 2.24) is 5.32 Å². The van der Waals surface area contributed by atoms with E-state index in [2.05, 4.69) is 5.32 Å². The lowest BCUT2D eigenvalue weighted by Gasteiger charge is -2.15. The van der Waals surface area contributed by atoms with Gasteiger partial charge in [0, 0.05) is 0 Å². The van der Waals surface area contributed by atoms with Crippen LogP contribution in [0.5, 0.6) is 0 Å². The number of aryl methyl sites for hydroxylation is 1. The second-order valence-corrected chi connectivity index (χ2v) is 5.79. The van der Waals surface area contributed by atoms with Crippen molar-refractivity contribution in [3.8, 4) is 0 Å². The number of para-hydroxylation sites is 1. The molecule has 0 aliphatic carbocycles. The van der Waals surface area contributed by atoms with Gasteiger partial charge in [0.25, 0.3) is 5.91 Å². The molecule has 1 amide bonds. The van der Waals surface area contributed by atoms with Crippen molar-refractivity contribution in [3.63, 3.8) is 0 Å². The van der Waals surface area contributed by atoms with E-state index in [4.69, 9.17) is 23.8 Å². The summed E-state index contributed by atoms with van der Waals surface area (Å²) in [5.41, 5.74) is 3.10. The normalized spacial score (nSPS) is 16.3. The van der Waals surface area contributed by atoms with Crippen LogP contribution in [-0.2, 0) is 4.79 Å². The first kappa shape index (κ1) is 14.8. The molecule has 2 aromatic carbocycles. The number of amides is 1. The van der Waals surface area contributed by atoms with Gasteiger partial charge in [-0.15, -0.1) is 0 Å². The van der Waals surface area contributed by atoms with Crippen LogP contribution in [0.15, 0.2) is 54.2 Å². The molecule has 0 radical (unpaired) electrons. The molecule has 1 fully saturated rings. The number of benzene rings is 2. The number of hydrogen-bond acceptors (Lipinski definition) is 2. The number of carbonyl (C=O) groups is 1. The molecule has 110 valence electrons. The lowest BCUT2D eigenvalue weighted by Crippen LogP contribution is -2.30. The molecule has 3 nitrogen and oxygen atoms in total. The van der Waals surface area contributed by atoms with Gasteiger partial charge in [-0.2, -0.15) is 0 Å². The van der Waals surface area contributed by atoms with Crippen molar-refractivity contribution in [1.29, 1.82) is 0 Å². The van der Waals surface area contributed by atoms with E-state index >= 15 is 0 Å². The highest BCUT2D eigenvalue weighted by atomic mass is 35.5. The predicted molar refractivity (Wildman–Crippen MR) is 93.8 cm³/mol. The Bertz CT molecular complexity index is 801. The topological polar surface area (TPSA) is 32.3 Å². The molecule has 2 aromatic rings. The first-order valence-corrected chi connectivity index (χ1v) is 7.53. The molecule has 1 aliphatic heterocycles. The van der Waals surface area contributed by atoms with Crippen molar-refractivity contribution >= 4 is 46.6 Å². The van der Waals surface area contributed by atoms with Crippen LogP contribution in [0.4, 0.5) is 5.69 Å². The molecule has 0 saturated carbocycles. The summed E-state index contributed by atoms with van der Waals surface area (Å²) < 4.78 is 0. The SMILES string of the molecule is Cc1cccc(/C=C2\NC(=S)N(c3ccccc3Cl)C2=O)c1. The van der Waals surface area contributed by atoms with Crippen LogP contribution in [0.3, 0.4) is 0 Å². The van der Waals surface area contributed by atoms with Gasteiger partial charge in [0.2, 0.25) is 0 Å². The van der Waals surface area contributed by atoms with Gasteiger partial charge in [0.05, 0.1) is 10.7 Å². The fourth-order valence-electron chi connectivity index (χ4n) is 2.31. The molecular formula is C17H13ClN2OS. The van der Waals surface area contributed by atoms with Crippen molar-refractivity contribution < 1.29 is 4.79 Å². The van der Waals surface area contributed by atoms with Gasteiger partial charge in [-0.3, -0.25) is 9.69 Å². The van der Waals surface area contributed by atoms with E-state index in [1.807, 2.05) is 43.3 Å². The van der Waals surface area contributed by atoms with Crippen molar-refractivity contribution in [2.75, 3.05) is 4.90 Å². The summed E-state index contributed by atoms with van der Waals surface area (Å²) in [4.78, 5) is 14.0. The Morgan fingerprint density at radius 2 is 1.95 bits per heavy atom. The molecule has 0 unspecified atom stereocenters. The quantitative estimate of drug-likeness (QED) is 0.670. The largest absolute Gasteiger partial charge is 0.327 e. The Kier molecular flexibility index (Phi) is 3.96. The Morgan fingerprint density at radius 1 is 1.18 bits per heavy atom. The van der Waals surface area contributed by atoms with E-state index in [1.54, 1.807) is 18.2 Å². The number of carbonyl (C=O) groups excluding carboxylic acids is 1. The van der Waals surface area contributed by atoms with Crippen LogP contribution in [0.1, 0.15) is 11.1 Å². The molecule has 1 saturated heterocycles. The molecule has 0 bridgehead atoms. The molecule has 0 aromatic heterocycles. The van der Waals surface area contributed by atoms with E-state index < -0.39 is 0 Å². The molecule has 1 aliphatic rings. The first-order chi connectivity index (χ1) is 10.6. The highest BCUT2D eigenvalue weighted by Gasteiger charge is 2.32. The summed E-state index contributed by atoms with van der Waals surface area (Å²) in [5, 5.41) is 3.77. The van der Waals surface area contributed by atoms with Crippen LogP contribution < -0.4 is 10.2 Å². The molecule has 0 spiro atoms. The maximum absolute atomic E-state index is 12.6. The summed E-state index contributed by atoms with van der Waals surface area (Å²) in [6, 6.07) is 15.0. The Labute approximate surface area is 139 Å². The Hall–Kier alpha value is -2.17. The van der Waals surface area contributed by atoms with Gasteiger partial charge < -0.3 is 5.32 Å². The third-order valence-corrected chi connectivity index (χ3v) is 3.93. The first-order valence-electron chi connectivity index (χ1n) is 6.74. The van der Waals surface area contributed by atoms with E-state index in [9.17, 15) is 4.79 Å². The number of halogens is 1. The number of anilines is 1. The zero-order chi connectivity index (χ0) is 15.7. The van der Waals surface area contributed by atoms with Gasteiger partial charge in [0.15, 0.2) is 5.11 Å². The number of rotatable bonds is 2. The van der Waals surface area contributed by atoms with Crippen molar-refractivity contribution in [2.24, 2.45) is 0 Å². The minimum Gasteiger partial charge on any atom is -0.327 e. The number of thiocarbonyl (C=S) groups is 1. The van der Waals surface area contributed by atoms with Gasteiger partial charge in [0.1, 0.15) is 5.70 Å². The fraction of sp³-hybridized carbons (Fsp3) is 0.0588. The number of nitrogens with one attached hydrogen (secondary N) is 1. The second-order valence-electron chi connectivity index (χ2n) is 4.99. The zero-order valence-corrected chi connectivity index (χ0v) is 13.4. The highest BCUT2D eigenvalue weighted by molar-refractivity contribution is 7.80. The van der Waals surface area contributed by atoms with Crippen LogP contribution in [-0.4, -0.2) is 11.0 Å². The average Bonchev–Trinajstić information content (AvgIpc) is 2.74. The average molecular weight is 329 g/mol. The molecular weight excluding hydrogens is 316 g/mol. The van der Waals surface area contributed by atoms with Gasteiger partial charge in [-0.1, -0.05) is 53.6 Å². The summed E-state index contributed by atoms with van der Waals surface area (Å²) >= 11 is 11.4.